The van der Waals surface area contributed by atoms with Gasteiger partial charge in [0.15, 0.2) is 6.29 Å². The van der Waals surface area contributed by atoms with Gasteiger partial charge in [-0.3, -0.25) is 4.79 Å². The Labute approximate surface area is 119 Å². The molecule has 0 fully saturated rings. The number of aldehydes is 1. The van der Waals surface area contributed by atoms with Crippen molar-refractivity contribution in [3.05, 3.63) is 34.4 Å². The van der Waals surface area contributed by atoms with Crippen LogP contribution in [-0.2, 0) is 11.3 Å². The van der Waals surface area contributed by atoms with Crippen molar-refractivity contribution in [3.63, 3.8) is 0 Å². The lowest BCUT2D eigenvalue weighted by molar-refractivity contribution is -0.0979. The van der Waals surface area contributed by atoms with Crippen LogP contribution in [0.2, 0.25) is 0 Å². The van der Waals surface area contributed by atoms with Crippen LogP contribution in [0, 0.1) is 0 Å². The molecule has 0 atom stereocenters. The highest BCUT2D eigenvalue weighted by Gasteiger charge is 2.07. The zero-order chi connectivity index (χ0) is 13.5. The molecule has 0 unspecified atom stereocenters. The molecule has 0 saturated heterocycles. The fraction of sp³-hybridized carbons (Fsp3) is 0.231. The van der Waals surface area contributed by atoms with E-state index in [-0.39, 0.29) is 0 Å². The van der Waals surface area contributed by atoms with E-state index in [4.69, 9.17) is 16.4 Å². The number of hydrogen-bond donors (Lipinski definition) is 0. The first-order chi connectivity index (χ1) is 8.76. The van der Waals surface area contributed by atoms with E-state index in [1.165, 1.54) is 0 Å². The number of carbonyl (C=O) groups is 2. The van der Waals surface area contributed by atoms with Gasteiger partial charge >= 0.3 is 0 Å². The molecule has 0 radical (unpaired) electrons. The number of fused-ring (bicyclic) bond motifs is 1. The third-order valence-electron chi connectivity index (χ3n) is 2.53. The Kier molecular flexibility index (Phi) is 6.09. The Morgan fingerprint density at radius 2 is 2.11 bits per heavy atom. The maximum atomic E-state index is 11.0. The van der Waals surface area contributed by atoms with Crippen molar-refractivity contribution < 1.29 is 9.59 Å². The van der Waals surface area contributed by atoms with Crippen LogP contribution in [0.3, 0.4) is 0 Å². The van der Waals surface area contributed by atoms with Crippen LogP contribution in [0.1, 0.15) is 16.8 Å². The summed E-state index contributed by atoms with van der Waals surface area (Å²) in [6, 6.07) is 5.96. The average Bonchev–Trinajstić information content (AvgIpc) is 2.76. The summed E-state index contributed by atoms with van der Waals surface area (Å²) in [6.45, 7) is 2.84. The van der Waals surface area contributed by atoms with Gasteiger partial charge in [-0.15, -0.1) is 11.6 Å². The first-order valence-electron chi connectivity index (χ1n) is 5.34. The largest absolute Gasteiger partial charge is 0.347 e. The highest BCUT2D eigenvalue weighted by Crippen LogP contribution is 2.24. The molecule has 0 bridgehead atoms. The molecule has 3 nitrogen and oxygen atoms in total. The third kappa shape index (κ3) is 3.21. The molecule has 0 N–H and O–H groups in total. The molecule has 18 heavy (non-hydrogen) atoms. The topological polar surface area (TPSA) is 39.1 Å². The number of carbonyl (C=O) groups excluding carboxylic acids is 2. The maximum Gasteiger partial charge on any atom is 0.152 e. The number of benzene rings is 1. The highest BCUT2D eigenvalue weighted by atomic mass is 79.9. The zero-order valence-electron chi connectivity index (χ0n) is 9.73. The van der Waals surface area contributed by atoms with Crippen molar-refractivity contribution >= 4 is 51.5 Å². The summed E-state index contributed by atoms with van der Waals surface area (Å²) >= 11 is 9.09. The van der Waals surface area contributed by atoms with Crippen LogP contribution < -0.4 is 0 Å². The number of aryl methyl sites for hydroxylation is 1. The van der Waals surface area contributed by atoms with Crippen molar-refractivity contribution in [1.82, 2.24) is 4.57 Å². The number of alkyl halides is 1. The predicted octanol–water partition coefficient (Wildman–Crippen LogP) is 3.66. The van der Waals surface area contributed by atoms with Gasteiger partial charge in [-0.05, 0) is 24.6 Å². The molecule has 0 aliphatic rings. The molecule has 2 rings (SSSR count). The summed E-state index contributed by atoms with van der Waals surface area (Å²) < 4.78 is 3.06. The van der Waals surface area contributed by atoms with Gasteiger partial charge < -0.3 is 9.36 Å². The van der Waals surface area contributed by atoms with Crippen LogP contribution in [0.5, 0.6) is 0 Å². The monoisotopic (exact) mass is 329 g/mol. The molecule has 0 aliphatic carbocycles. The second-order valence-electron chi connectivity index (χ2n) is 3.60. The lowest BCUT2D eigenvalue weighted by Gasteiger charge is -2.02. The Bertz CT molecular complexity index is 539. The van der Waals surface area contributed by atoms with E-state index in [1.807, 2.05) is 31.2 Å². The van der Waals surface area contributed by atoms with E-state index < -0.39 is 0 Å². The number of nitrogens with zero attached hydrogens (tertiary/aromatic N) is 1. The van der Waals surface area contributed by atoms with Gasteiger partial charge in [0.25, 0.3) is 0 Å². The first-order valence-corrected chi connectivity index (χ1v) is 6.67. The van der Waals surface area contributed by atoms with Gasteiger partial charge in [-0.1, -0.05) is 15.9 Å². The molecule has 96 valence electrons. The second kappa shape index (κ2) is 7.34. The molecule has 0 aliphatic heterocycles. The average molecular weight is 331 g/mol. The molecule has 0 amide bonds. The third-order valence-corrected chi connectivity index (χ3v) is 3.29. The van der Waals surface area contributed by atoms with Gasteiger partial charge in [0.05, 0.1) is 0 Å². The molecule has 0 spiro atoms. The Hall–Kier alpha value is -1.13. The zero-order valence-corrected chi connectivity index (χ0v) is 12.1. The summed E-state index contributed by atoms with van der Waals surface area (Å²) in [5.74, 6) is 0.632. The first kappa shape index (κ1) is 14.9. The van der Waals surface area contributed by atoms with E-state index >= 15 is 0 Å². The number of hydrogen-bond acceptors (Lipinski definition) is 2. The maximum absolute atomic E-state index is 11.0. The number of aromatic nitrogens is 1. The van der Waals surface area contributed by atoms with Gasteiger partial charge in [0.1, 0.15) is 6.79 Å². The summed E-state index contributed by atoms with van der Waals surface area (Å²) in [4.78, 5) is 19.0. The van der Waals surface area contributed by atoms with Crippen LogP contribution >= 0.6 is 27.5 Å². The van der Waals surface area contributed by atoms with Gasteiger partial charge in [0.2, 0.25) is 0 Å². The minimum absolute atomic E-state index is 0.632. The molecule has 5 heteroatoms. The van der Waals surface area contributed by atoms with Crippen molar-refractivity contribution in [3.8, 4) is 0 Å². The summed E-state index contributed by atoms with van der Waals surface area (Å²) in [5.41, 5.74) is 1.81. The summed E-state index contributed by atoms with van der Waals surface area (Å²) in [5, 5.41) is 0.985. The normalized spacial score (nSPS) is 9.89. The lowest BCUT2D eigenvalue weighted by atomic mass is 10.2. The van der Waals surface area contributed by atoms with Gasteiger partial charge in [0, 0.05) is 39.6 Å². The van der Waals surface area contributed by atoms with Crippen LogP contribution in [0.4, 0.5) is 0 Å². The van der Waals surface area contributed by atoms with E-state index in [0.29, 0.717) is 5.88 Å². The van der Waals surface area contributed by atoms with Crippen LogP contribution in [0.15, 0.2) is 28.9 Å². The fourth-order valence-corrected chi connectivity index (χ4v) is 2.29. The van der Waals surface area contributed by atoms with Crippen molar-refractivity contribution in [2.24, 2.45) is 0 Å². The Morgan fingerprint density at radius 1 is 1.39 bits per heavy atom. The summed E-state index contributed by atoms with van der Waals surface area (Å²) in [7, 11) is 0. The smallest absolute Gasteiger partial charge is 0.152 e. The fourth-order valence-electron chi connectivity index (χ4n) is 1.81. The molecule has 1 aromatic carbocycles. The Balaban J connectivity index is 0.000000771. The van der Waals surface area contributed by atoms with E-state index in [9.17, 15) is 4.79 Å². The Morgan fingerprint density at radius 3 is 2.72 bits per heavy atom. The molecule has 1 aromatic heterocycles. The van der Waals surface area contributed by atoms with E-state index in [2.05, 4.69) is 20.5 Å². The molecule has 0 saturated carbocycles. The van der Waals surface area contributed by atoms with Crippen LogP contribution in [-0.4, -0.2) is 23.5 Å². The molecule has 1 heterocycles. The minimum Gasteiger partial charge on any atom is -0.347 e. The predicted molar refractivity (Wildman–Crippen MR) is 77.5 cm³/mol. The van der Waals surface area contributed by atoms with Crippen molar-refractivity contribution in [2.45, 2.75) is 13.0 Å². The van der Waals surface area contributed by atoms with E-state index in [1.54, 1.807) is 0 Å². The SMILES string of the molecule is C=O.O=Cc1cn(CCCCl)c2ccc(Br)cc12. The summed E-state index contributed by atoms with van der Waals surface area (Å²) in [6.07, 6.45) is 3.68. The van der Waals surface area contributed by atoms with Crippen LogP contribution in [0.25, 0.3) is 10.9 Å². The van der Waals surface area contributed by atoms with Gasteiger partial charge in [-0.25, -0.2) is 0 Å². The lowest BCUT2D eigenvalue weighted by Crippen LogP contribution is -1.96. The second-order valence-corrected chi connectivity index (χ2v) is 4.89. The molecule has 2 aromatic rings. The van der Waals surface area contributed by atoms with Crippen molar-refractivity contribution in [2.75, 3.05) is 5.88 Å². The minimum atomic E-state index is 0.632. The van der Waals surface area contributed by atoms with E-state index in [0.717, 1.165) is 40.2 Å². The van der Waals surface area contributed by atoms with Crippen molar-refractivity contribution in [1.29, 1.82) is 0 Å². The van der Waals surface area contributed by atoms with Gasteiger partial charge in [-0.2, -0.15) is 0 Å². The highest BCUT2D eigenvalue weighted by molar-refractivity contribution is 9.10. The number of halogens is 2. The molecular weight excluding hydrogens is 318 g/mol. The quantitative estimate of drug-likeness (QED) is 0.634. The standard InChI is InChI=1S/C12H11BrClNO.CH2O/c13-10-2-3-12-11(6-10)9(8-16)7-15(12)5-1-4-14;1-2/h2-3,6-8H,1,4-5H2;1H2. The molecular formula is C13H13BrClNO2. The number of rotatable bonds is 4.